The van der Waals surface area contributed by atoms with E-state index >= 15 is 0 Å². The largest absolute Gasteiger partial charge is 0.506 e. The van der Waals surface area contributed by atoms with Crippen molar-refractivity contribution in [2.75, 3.05) is 19.8 Å². The van der Waals surface area contributed by atoms with Crippen LogP contribution >= 0.6 is 58.6 Å². The molecule has 4 aromatic carbocycles. The van der Waals surface area contributed by atoms with Gasteiger partial charge in [-0.2, -0.15) is 0 Å². The van der Waals surface area contributed by atoms with Crippen LogP contribution in [-0.4, -0.2) is 24.9 Å². The molecule has 0 saturated heterocycles. The lowest BCUT2D eigenvalue weighted by Crippen LogP contribution is -2.02. The molecule has 226 valence electrons. The van der Waals surface area contributed by atoms with Crippen LogP contribution in [0.3, 0.4) is 0 Å². The number of phenols is 1. The van der Waals surface area contributed by atoms with Crippen LogP contribution < -0.4 is 14.2 Å². The van der Waals surface area contributed by atoms with Crippen LogP contribution in [0.15, 0.2) is 106 Å². The van der Waals surface area contributed by atoms with Gasteiger partial charge in [-0.25, -0.2) is 0 Å². The zero-order chi connectivity index (χ0) is 30.2. The van der Waals surface area contributed by atoms with Gasteiger partial charge in [-0.05, 0) is 67.3 Å². The molecule has 4 nitrogen and oxygen atoms in total. The van der Waals surface area contributed by atoms with Crippen molar-refractivity contribution in [2.45, 2.75) is 85.1 Å². The molecule has 0 amide bonds. The van der Waals surface area contributed by atoms with Gasteiger partial charge in [0.05, 0.1) is 59.0 Å². The molecule has 1 aliphatic rings. The predicted molar refractivity (Wildman–Crippen MR) is 181 cm³/mol. The second-order valence-electron chi connectivity index (χ2n) is 9.74. The number of ether oxygens (including phenoxy) is 3. The Morgan fingerprint density at radius 1 is 0.535 bits per heavy atom. The van der Waals surface area contributed by atoms with Crippen LogP contribution in [0.5, 0.6) is 23.0 Å². The first-order valence-electron chi connectivity index (χ1n) is 14.5. The summed E-state index contributed by atoms with van der Waals surface area (Å²) in [4.78, 5) is 7.34. The minimum atomic E-state index is 0.226. The van der Waals surface area contributed by atoms with Gasteiger partial charge in [0.2, 0.25) is 0 Å². The maximum Gasteiger partial charge on any atom is 0.147 e. The van der Waals surface area contributed by atoms with Crippen molar-refractivity contribution >= 4 is 58.6 Å². The molecule has 0 aromatic heterocycles. The van der Waals surface area contributed by atoms with Crippen molar-refractivity contribution in [2.24, 2.45) is 0 Å². The SMILES string of the molecule is CCCOc1c2cccc1Sc1cccc(c1OCCC)Sc1ccc(CCl)c(c1OCCC)Sc1cccc(c1O)S2. The van der Waals surface area contributed by atoms with Crippen molar-refractivity contribution in [1.82, 2.24) is 0 Å². The summed E-state index contributed by atoms with van der Waals surface area (Å²) in [7, 11) is 0. The molecule has 1 N–H and O–H groups in total. The number of hydrogen-bond acceptors (Lipinski definition) is 8. The van der Waals surface area contributed by atoms with Crippen LogP contribution in [-0.2, 0) is 5.88 Å². The average Bonchev–Trinajstić information content (AvgIpc) is 3.01. The second-order valence-corrected chi connectivity index (χ2v) is 14.3. The second kappa shape index (κ2) is 15.7. The Balaban J connectivity index is 1.76. The topological polar surface area (TPSA) is 47.9 Å². The summed E-state index contributed by atoms with van der Waals surface area (Å²) in [6.07, 6.45) is 2.66. The van der Waals surface area contributed by atoms with E-state index in [9.17, 15) is 5.11 Å². The molecule has 0 atom stereocenters. The number of fused-ring (bicyclic) bond motifs is 8. The third-order valence-corrected chi connectivity index (χ3v) is 11.1. The van der Waals surface area contributed by atoms with Crippen molar-refractivity contribution in [1.29, 1.82) is 0 Å². The molecule has 0 spiro atoms. The molecule has 4 aromatic rings. The lowest BCUT2D eigenvalue weighted by molar-refractivity contribution is 0.300. The average molecular weight is 671 g/mol. The van der Waals surface area contributed by atoms with Crippen molar-refractivity contribution in [3.8, 4) is 23.0 Å². The van der Waals surface area contributed by atoms with E-state index in [4.69, 9.17) is 25.8 Å². The van der Waals surface area contributed by atoms with Gasteiger partial charge in [0.25, 0.3) is 0 Å². The van der Waals surface area contributed by atoms with E-state index in [0.29, 0.717) is 25.7 Å². The summed E-state index contributed by atoms with van der Waals surface area (Å²) in [5, 5.41) is 11.6. The molecule has 0 fully saturated rings. The quantitative estimate of drug-likeness (QED) is 0.147. The first kappa shape index (κ1) is 32.2. The molecule has 8 bridgehead atoms. The highest BCUT2D eigenvalue weighted by Crippen LogP contribution is 2.53. The standard InChI is InChI=1S/C34H35ClO4S4/c1-4-18-37-31-25-12-8-13-26(31)41-27-14-9-15-28(32(27)38-19-5-2)42-29-17-16-22(21-35)34(33(29)39-20-6-3)43-24-11-7-10-23(40-25)30(24)36/h7-17,36H,4-6,18-21H2,1-3H3. The van der Waals surface area contributed by atoms with Gasteiger partial charge in [0, 0.05) is 5.88 Å². The predicted octanol–water partition coefficient (Wildman–Crippen LogP) is 11.4. The van der Waals surface area contributed by atoms with Gasteiger partial charge in [0.1, 0.15) is 23.0 Å². The Hall–Kier alpha value is -2.23. The van der Waals surface area contributed by atoms with Crippen LogP contribution in [0, 0.1) is 0 Å². The van der Waals surface area contributed by atoms with Crippen LogP contribution in [0.4, 0.5) is 0 Å². The van der Waals surface area contributed by atoms with Crippen molar-refractivity contribution in [3.63, 3.8) is 0 Å². The maximum absolute atomic E-state index is 11.6. The fourth-order valence-corrected chi connectivity index (χ4v) is 9.11. The molecule has 0 aliphatic carbocycles. The van der Waals surface area contributed by atoms with E-state index in [1.807, 2.05) is 24.3 Å². The Morgan fingerprint density at radius 3 is 1.40 bits per heavy atom. The smallest absolute Gasteiger partial charge is 0.147 e. The fourth-order valence-electron chi connectivity index (χ4n) is 4.36. The number of hydrogen-bond donors (Lipinski definition) is 1. The van der Waals surface area contributed by atoms with Crippen molar-refractivity contribution in [3.05, 3.63) is 72.3 Å². The van der Waals surface area contributed by atoms with Crippen molar-refractivity contribution < 1.29 is 19.3 Å². The van der Waals surface area contributed by atoms with Gasteiger partial charge >= 0.3 is 0 Å². The third kappa shape index (κ3) is 7.54. The Kier molecular flexibility index (Phi) is 11.7. The number of para-hydroxylation sites is 3. The minimum Gasteiger partial charge on any atom is -0.506 e. The minimum absolute atomic E-state index is 0.226. The van der Waals surface area contributed by atoms with E-state index in [1.165, 1.54) is 23.5 Å². The highest BCUT2D eigenvalue weighted by molar-refractivity contribution is 8.01. The van der Waals surface area contributed by atoms with E-state index in [0.717, 1.165) is 81.2 Å². The lowest BCUT2D eigenvalue weighted by Gasteiger charge is -2.21. The summed E-state index contributed by atoms with van der Waals surface area (Å²) in [6.45, 7) is 8.10. The molecule has 0 saturated carbocycles. The summed E-state index contributed by atoms with van der Waals surface area (Å²) >= 11 is 12.8. The van der Waals surface area contributed by atoms with Crippen LogP contribution in [0.1, 0.15) is 45.6 Å². The Morgan fingerprint density at radius 2 is 0.930 bits per heavy atom. The number of phenolic OH excluding ortho intramolecular Hbond substituents is 1. The van der Waals surface area contributed by atoms with Crippen LogP contribution in [0.2, 0.25) is 0 Å². The number of aromatic hydroxyl groups is 1. The van der Waals surface area contributed by atoms with E-state index in [2.05, 4.69) is 63.2 Å². The summed E-state index contributed by atoms with van der Waals surface area (Å²) in [5.41, 5.74) is 0.954. The number of rotatable bonds is 10. The normalized spacial score (nSPS) is 12.6. The Bertz CT molecular complexity index is 1560. The van der Waals surface area contributed by atoms with E-state index in [-0.39, 0.29) is 5.75 Å². The van der Waals surface area contributed by atoms with Gasteiger partial charge in [-0.1, -0.05) is 92.1 Å². The highest BCUT2D eigenvalue weighted by atomic mass is 35.5. The first-order valence-corrected chi connectivity index (χ1v) is 18.3. The van der Waals surface area contributed by atoms with Crippen LogP contribution in [0.25, 0.3) is 0 Å². The molecule has 5 rings (SSSR count). The van der Waals surface area contributed by atoms with Gasteiger partial charge < -0.3 is 19.3 Å². The number of benzene rings is 4. The molecule has 0 unspecified atom stereocenters. The summed E-state index contributed by atoms with van der Waals surface area (Å²) in [6, 6.07) is 22.5. The molecule has 43 heavy (non-hydrogen) atoms. The lowest BCUT2D eigenvalue weighted by atomic mass is 10.2. The van der Waals surface area contributed by atoms with E-state index < -0.39 is 0 Å². The molecule has 0 radical (unpaired) electrons. The first-order chi connectivity index (χ1) is 21.1. The zero-order valence-corrected chi connectivity index (χ0v) is 28.5. The molecule has 1 aliphatic heterocycles. The van der Waals surface area contributed by atoms with E-state index in [1.54, 1.807) is 23.5 Å². The zero-order valence-electron chi connectivity index (χ0n) is 24.5. The molecular formula is C34H35ClO4S4. The highest BCUT2D eigenvalue weighted by Gasteiger charge is 2.23. The molecular weight excluding hydrogens is 636 g/mol. The Labute approximate surface area is 276 Å². The monoisotopic (exact) mass is 670 g/mol. The number of alkyl halides is 1. The summed E-state index contributed by atoms with van der Waals surface area (Å²) < 4.78 is 19.3. The van der Waals surface area contributed by atoms with Gasteiger partial charge in [0.15, 0.2) is 0 Å². The van der Waals surface area contributed by atoms with Gasteiger partial charge in [-0.15, -0.1) is 11.6 Å². The summed E-state index contributed by atoms with van der Waals surface area (Å²) in [5.74, 6) is 3.00. The third-order valence-electron chi connectivity index (χ3n) is 6.37. The van der Waals surface area contributed by atoms with Gasteiger partial charge in [-0.3, -0.25) is 0 Å². The molecule has 1 heterocycles. The maximum atomic E-state index is 11.6. The number of halogens is 1. The molecule has 9 heteroatoms. The fraction of sp³-hybridized carbons (Fsp3) is 0.294.